The highest BCUT2D eigenvalue weighted by molar-refractivity contribution is 7.89. The van der Waals surface area contributed by atoms with Crippen LogP contribution in [0.5, 0.6) is 0 Å². The van der Waals surface area contributed by atoms with Crippen molar-refractivity contribution in [3.05, 3.63) is 59.9 Å². The number of nitrogens with zero attached hydrogens (tertiary/aromatic N) is 2. The number of amides is 1. The number of anilines is 1. The zero-order valence-electron chi connectivity index (χ0n) is 13.6. The molecule has 0 bridgehead atoms. The summed E-state index contributed by atoms with van der Waals surface area (Å²) in [7, 11) is -2.05. The zero-order valence-corrected chi connectivity index (χ0v) is 14.5. The van der Waals surface area contributed by atoms with Crippen LogP contribution in [0.2, 0.25) is 0 Å². The van der Waals surface area contributed by atoms with Crippen molar-refractivity contribution in [3.63, 3.8) is 0 Å². The monoisotopic (exact) mass is 360 g/mol. The third-order valence-corrected chi connectivity index (χ3v) is 7.04. The molecule has 4 rings (SSSR count). The van der Waals surface area contributed by atoms with E-state index in [-0.39, 0.29) is 23.9 Å². The topological polar surface area (TPSA) is 57.7 Å². The Bertz CT molecular complexity index is 959. The van der Waals surface area contributed by atoms with Gasteiger partial charge in [-0.05, 0) is 42.3 Å². The minimum Gasteiger partial charge on any atom is -0.314 e. The van der Waals surface area contributed by atoms with Crippen molar-refractivity contribution in [2.24, 2.45) is 0 Å². The number of hydrogen-bond acceptors (Lipinski definition) is 3. The van der Waals surface area contributed by atoms with Crippen LogP contribution in [-0.4, -0.2) is 38.8 Å². The van der Waals surface area contributed by atoms with Crippen LogP contribution < -0.4 is 4.90 Å². The summed E-state index contributed by atoms with van der Waals surface area (Å²) in [6.07, 6.45) is 0.438. The molecule has 1 unspecified atom stereocenters. The second-order valence-corrected chi connectivity index (χ2v) is 8.44. The molecule has 1 spiro atoms. The third kappa shape index (κ3) is 2.22. The number of para-hydroxylation sites is 1. The third-order valence-electron chi connectivity index (χ3n) is 5.18. The summed E-state index contributed by atoms with van der Waals surface area (Å²) in [4.78, 5) is 14.5. The van der Waals surface area contributed by atoms with E-state index in [0.29, 0.717) is 6.42 Å². The summed E-state index contributed by atoms with van der Waals surface area (Å²) in [5.41, 5.74) is 0.867. The number of rotatable bonds is 2. The molecular weight excluding hydrogens is 343 g/mol. The Labute approximate surface area is 145 Å². The van der Waals surface area contributed by atoms with Crippen LogP contribution in [0.1, 0.15) is 12.0 Å². The molecule has 0 radical (unpaired) electrons. The molecule has 2 aromatic carbocycles. The van der Waals surface area contributed by atoms with Gasteiger partial charge in [-0.2, -0.15) is 4.31 Å². The molecule has 130 valence electrons. The number of halogens is 1. The molecule has 1 fully saturated rings. The average molecular weight is 360 g/mol. The van der Waals surface area contributed by atoms with Gasteiger partial charge in [-0.15, -0.1) is 0 Å². The molecule has 1 saturated heterocycles. The van der Waals surface area contributed by atoms with E-state index in [4.69, 9.17) is 0 Å². The van der Waals surface area contributed by atoms with Gasteiger partial charge in [0.1, 0.15) is 5.82 Å². The Kier molecular flexibility index (Phi) is 3.49. The molecule has 1 atom stereocenters. The smallest absolute Gasteiger partial charge is 0.243 e. The molecule has 2 aromatic rings. The van der Waals surface area contributed by atoms with Crippen molar-refractivity contribution in [1.29, 1.82) is 0 Å². The van der Waals surface area contributed by atoms with Crippen molar-refractivity contribution < 1.29 is 17.6 Å². The van der Waals surface area contributed by atoms with Gasteiger partial charge < -0.3 is 4.90 Å². The Hall–Kier alpha value is -2.25. The van der Waals surface area contributed by atoms with Crippen LogP contribution in [0.3, 0.4) is 0 Å². The van der Waals surface area contributed by atoms with Gasteiger partial charge in [0.15, 0.2) is 0 Å². The fourth-order valence-electron chi connectivity index (χ4n) is 3.85. The largest absolute Gasteiger partial charge is 0.314 e. The lowest BCUT2D eigenvalue weighted by molar-refractivity contribution is -0.122. The predicted octanol–water partition coefficient (Wildman–Crippen LogP) is 2.13. The molecule has 2 aliphatic heterocycles. The van der Waals surface area contributed by atoms with Gasteiger partial charge in [0.05, 0.1) is 10.3 Å². The highest BCUT2D eigenvalue weighted by atomic mass is 32.2. The maximum absolute atomic E-state index is 13.1. The first kappa shape index (κ1) is 16.2. The standard InChI is InChI=1S/C18H17FN2O3S/c1-20-16-5-3-2-4-15(16)18(17(20)22)10-11-21(12-18)25(23,24)14-8-6-13(19)7-9-14/h2-9H,10-12H2,1H3. The van der Waals surface area contributed by atoms with Crippen molar-refractivity contribution in [2.45, 2.75) is 16.7 Å². The van der Waals surface area contributed by atoms with Crippen LogP contribution in [0.25, 0.3) is 0 Å². The average Bonchev–Trinajstić information content (AvgIpc) is 3.15. The molecule has 0 aromatic heterocycles. The lowest BCUT2D eigenvalue weighted by atomic mass is 9.81. The fraction of sp³-hybridized carbons (Fsp3) is 0.278. The minimum atomic E-state index is -3.77. The van der Waals surface area contributed by atoms with E-state index in [9.17, 15) is 17.6 Å². The van der Waals surface area contributed by atoms with E-state index < -0.39 is 21.3 Å². The molecule has 5 nitrogen and oxygen atoms in total. The van der Waals surface area contributed by atoms with Gasteiger partial charge >= 0.3 is 0 Å². The van der Waals surface area contributed by atoms with E-state index in [1.165, 1.54) is 16.4 Å². The number of sulfonamides is 1. The summed E-state index contributed by atoms with van der Waals surface area (Å²) in [5.74, 6) is -0.566. The molecular formula is C18H17FN2O3S. The SMILES string of the molecule is CN1C(=O)C2(CCN(S(=O)(=O)c3ccc(F)cc3)C2)c2ccccc21. The number of fused-ring (bicyclic) bond motifs is 2. The highest BCUT2D eigenvalue weighted by Crippen LogP contribution is 2.47. The predicted molar refractivity (Wildman–Crippen MR) is 91.3 cm³/mol. The summed E-state index contributed by atoms with van der Waals surface area (Å²) >= 11 is 0. The molecule has 7 heteroatoms. The number of likely N-dealkylation sites (N-methyl/N-ethyl adjacent to an activating group) is 1. The van der Waals surface area contributed by atoms with Gasteiger partial charge in [-0.3, -0.25) is 4.79 Å². The molecule has 0 aliphatic carbocycles. The zero-order chi connectivity index (χ0) is 17.8. The summed E-state index contributed by atoms with van der Waals surface area (Å²) in [6.45, 7) is 0.362. The highest BCUT2D eigenvalue weighted by Gasteiger charge is 2.55. The summed E-state index contributed by atoms with van der Waals surface area (Å²) < 4.78 is 40.2. The fourth-order valence-corrected chi connectivity index (χ4v) is 5.35. The maximum Gasteiger partial charge on any atom is 0.243 e. The molecule has 0 N–H and O–H groups in total. The van der Waals surface area contributed by atoms with Crippen molar-refractivity contribution in [1.82, 2.24) is 4.31 Å². The van der Waals surface area contributed by atoms with Crippen LogP contribution in [0.4, 0.5) is 10.1 Å². The second kappa shape index (κ2) is 5.37. The first-order chi connectivity index (χ1) is 11.9. The first-order valence-corrected chi connectivity index (χ1v) is 9.44. The Balaban J connectivity index is 1.72. The Morgan fingerprint density at radius 3 is 2.48 bits per heavy atom. The molecule has 2 aliphatic rings. The Morgan fingerprint density at radius 1 is 1.08 bits per heavy atom. The van der Waals surface area contributed by atoms with Crippen molar-refractivity contribution in [3.8, 4) is 0 Å². The van der Waals surface area contributed by atoms with Gasteiger partial charge in [0.2, 0.25) is 15.9 Å². The van der Waals surface area contributed by atoms with Gasteiger partial charge in [0.25, 0.3) is 0 Å². The number of carbonyl (C=O) groups is 1. The van der Waals surface area contributed by atoms with Crippen molar-refractivity contribution in [2.75, 3.05) is 25.0 Å². The molecule has 2 heterocycles. The van der Waals surface area contributed by atoms with Gasteiger partial charge in [-0.25, -0.2) is 12.8 Å². The number of carbonyl (C=O) groups excluding carboxylic acids is 1. The lowest BCUT2D eigenvalue weighted by Crippen LogP contribution is -2.42. The summed E-state index contributed by atoms with van der Waals surface area (Å²) in [6, 6.07) is 12.3. The number of benzene rings is 2. The molecule has 1 amide bonds. The van der Waals surface area contributed by atoms with Crippen LogP contribution >= 0.6 is 0 Å². The lowest BCUT2D eigenvalue weighted by Gasteiger charge is -2.23. The molecule has 25 heavy (non-hydrogen) atoms. The quantitative estimate of drug-likeness (QED) is 0.824. The van der Waals surface area contributed by atoms with Gasteiger partial charge in [-0.1, -0.05) is 18.2 Å². The van der Waals surface area contributed by atoms with Crippen molar-refractivity contribution >= 4 is 21.6 Å². The second-order valence-electron chi connectivity index (χ2n) is 6.51. The Morgan fingerprint density at radius 2 is 1.76 bits per heavy atom. The van der Waals surface area contributed by atoms with E-state index in [2.05, 4.69) is 0 Å². The molecule has 0 saturated carbocycles. The number of hydrogen-bond donors (Lipinski definition) is 0. The van der Waals surface area contributed by atoms with Gasteiger partial charge in [0, 0.05) is 25.8 Å². The minimum absolute atomic E-state index is 0.0398. The first-order valence-electron chi connectivity index (χ1n) is 8.00. The van der Waals surface area contributed by atoms with E-state index in [0.717, 1.165) is 23.4 Å². The maximum atomic E-state index is 13.1. The van der Waals surface area contributed by atoms with Crippen LogP contribution in [0, 0.1) is 5.82 Å². The normalized spacial score (nSPS) is 23.4. The van der Waals surface area contributed by atoms with Crippen LogP contribution in [0.15, 0.2) is 53.4 Å². The van der Waals surface area contributed by atoms with E-state index >= 15 is 0 Å². The van der Waals surface area contributed by atoms with E-state index in [1.807, 2.05) is 24.3 Å². The summed E-state index contributed by atoms with van der Waals surface area (Å²) in [5, 5.41) is 0. The van der Waals surface area contributed by atoms with Crippen LogP contribution in [-0.2, 0) is 20.2 Å². The van der Waals surface area contributed by atoms with E-state index in [1.54, 1.807) is 11.9 Å².